The Morgan fingerprint density at radius 1 is 1.26 bits per heavy atom. The third-order valence-electron chi connectivity index (χ3n) is 5.02. The molecule has 0 radical (unpaired) electrons. The zero-order valence-corrected chi connectivity index (χ0v) is 16.4. The Morgan fingerprint density at radius 3 is 2.70 bits per heavy atom. The first-order valence-electron chi connectivity index (χ1n) is 8.91. The van der Waals surface area contributed by atoms with Crippen molar-refractivity contribution in [1.82, 2.24) is 14.6 Å². The fourth-order valence-electron chi connectivity index (χ4n) is 3.37. The molecule has 0 aliphatic carbocycles. The van der Waals surface area contributed by atoms with E-state index in [9.17, 15) is 4.79 Å². The maximum absolute atomic E-state index is 12.8. The summed E-state index contributed by atoms with van der Waals surface area (Å²) in [5.74, 6) is 0.0563. The molecule has 6 heteroatoms. The van der Waals surface area contributed by atoms with Crippen molar-refractivity contribution >= 4 is 17.2 Å². The summed E-state index contributed by atoms with van der Waals surface area (Å²) in [6.45, 7) is 7.89. The van der Waals surface area contributed by atoms with E-state index < -0.39 is 0 Å². The molecule has 0 saturated heterocycles. The van der Waals surface area contributed by atoms with Crippen LogP contribution in [0.2, 0.25) is 0 Å². The molecule has 0 aliphatic rings. The monoisotopic (exact) mass is 361 g/mol. The quantitative estimate of drug-likeness (QED) is 0.713. The first-order chi connectivity index (χ1) is 12.8. The summed E-state index contributed by atoms with van der Waals surface area (Å²) in [5.41, 5.74) is 6.91. The lowest BCUT2D eigenvalue weighted by atomic mass is 10.1. The summed E-state index contributed by atoms with van der Waals surface area (Å²) in [6.07, 6.45) is 2.49. The predicted molar refractivity (Wildman–Crippen MR) is 105 cm³/mol. The molecule has 3 aromatic rings. The second-order valence-corrected chi connectivity index (χ2v) is 6.91. The van der Waals surface area contributed by atoms with E-state index in [1.54, 1.807) is 9.42 Å². The van der Waals surface area contributed by atoms with Crippen LogP contribution in [0.15, 0.2) is 24.4 Å². The third kappa shape index (κ3) is 3.41. The highest BCUT2D eigenvalue weighted by Gasteiger charge is 2.17. The van der Waals surface area contributed by atoms with Gasteiger partial charge in [0.05, 0.1) is 6.20 Å². The van der Waals surface area contributed by atoms with Gasteiger partial charge in [0.1, 0.15) is 11.6 Å². The number of rotatable bonds is 4. The molecule has 0 atom stereocenters. The van der Waals surface area contributed by atoms with Crippen molar-refractivity contribution in [2.45, 2.75) is 40.5 Å². The number of fused-ring (bicyclic) bond motifs is 1. The first kappa shape index (κ1) is 18.6. The second-order valence-electron chi connectivity index (χ2n) is 6.91. The maximum Gasteiger partial charge on any atom is 0.227 e. The van der Waals surface area contributed by atoms with Crippen LogP contribution in [0, 0.1) is 39.0 Å². The zero-order valence-electron chi connectivity index (χ0n) is 16.4. The summed E-state index contributed by atoms with van der Waals surface area (Å²) in [4.78, 5) is 19.0. The molecule has 2 heterocycles. The normalized spacial score (nSPS) is 10.8. The average Bonchev–Trinajstić information content (AvgIpc) is 3.05. The lowest BCUT2D eigenvalue weighted by Gasteiger charge is -2.20. The molecule has 0 aliphatic heterocycles. The number of carbonyl (C=O) groups excluding carboxylic acids is 1. The van der Waals surface area contributed by atoms with Crippen molar-refractivity contribution in [1.29, 1.82) is 5.26 Å². The number of carbonyl (C=O) groups is 1. The van der Waals surface area contributed by atoms with Crippen LogP contribution in [0.1, 0.15) is 40.1 Å². The first-order valence-corrected chi connectivity index (χ1v) is 8.91. The predicted octanol–water partition coefficient (Wildman–Crippen LogP) is 3.43. The van der Waals surface area contributed by atoms with Gasteiger partial charge in [-0.2, -0.15) is 10.4 Å². The van der Waals surface area contributed by atoms with E-state index in [0.29, 0.717) is 24.1 Å². The molecular formula is C21H23N5O. The van der Waals surface area contributed by atoms with Crippen LogP contribution >= 0.6 is 0 Å². The van der Waals surface area contributed by atoms with Crippen LogP contribution < -0.4 is 4.90 Å². The largest absolute Gasteiger partial charge is 0.315 e. The molecule has 0 saturated carbocycles. The highest BCUT2D eigenvalue weighted by molar-refractivity contribution is 5.93. The lowest BCUT2D eigenvalue weighted by molar-refractivity contribution is -0.118. The van der Waals surface area contributed by atoms with Gasteiger partial charge in [-0.25, -0.2) is 9.50 Å². The number of anilines is 1. The number of nitrogens with zero attached hydrogens (tertiary/aromatic N) is 5. The van der Waals surface area contributed by atoms with Crippen molar-refractivity contribution < 1.29 is 4.79 Å². The van der Waals surface area contributed by atoms with E-state index in [1.807, 2.05) is 52.9 Å². The number of nitriles is 1. The minimum absolute atomic E-state index is 0.0563. The smallest absolute Gasteiger partial charge is 0.227 e. The Kier molecular flexibility index (Phi) is 4.95. The average molecular weight is 361 g/mol. The highest BCUT2D eigenvalue weighted by Crippen LogP contribution is 2.22. The molecule has 0 spiro atoms. The van der Waals surface area contributed by atoms with Gasteiger partial charge in [-0.3, -0.25) is 4.79 Å². The summed E-state index contributed by atoms with van der Waals surface area (Å²) in [7, 11) is 1.82. The number of aryl methyl sites for hydroxylation is 4. The number of amides is 1. The number of aromatic nitrogens is 3. The van der Waals surface area contributed by atoms with Gasteiger partial charge in [0.25, 0.3) is 0 Å². The van der Waals surface area contributed by atoms with Gasteiger partial charge in [-0.1, -0.05) is 12.1 Å². The van der Waals surface area contributed by atoms with Crippen molar-refractivity contribution in [3.8, 4) is 6.07 Å². The van der Waals surface area contributed by atoms with Crippen molar-refractivity contribution in [3.63, 3.8) is 0 Å². The molecule has 138 valence electrons. The Morgan fingerprint density at radius 2 is 2.00 bits per heavy atom. The molecule has 0 fully saturated rings. The van der Waals surface area contributed by atoms with E-state index >= 15 is 0 Å². The molecule has 2 aromatic heterocycles. The fourth-order valence-corrected chi connectivity index (χ4v) is 3.37. The molecule has 6 nitrogen and oxygen atoms in total. The summed E-state index contributed by atoms with van der Waals surface area (Å²) >= 11 is 0. The number of hydrogen-bond donors (Lipinski definition) is 0. The van der Waals surface area contributed by atoms with Crippen LogP contribution in [0.4, 0.5) is 5.69 Å². The summed E-state index contributed by atoms with van der Waals surface area (Å²) in [6, 6.07) is 8.22. The van der Waals surface area contributed by atoms with Crippen molar-refractivity contribution in [2.24, 2.45) is 0 Å². The van der Waals surface area contributed by atoms with Gasteiger partial charge in [-0.15, -0.1) is 0 Å². The minimum Gasteiger partial charge on any atom is -0.315 e. The van der Waals surface area contributed by atoms with Crippen molar-refractivity contribution in [2.75, 3.05) is 11.9 Å². The van der Waals surface area contributed by atoms with E-state index in [4.69, 9.17) is 5.26 Å². The van der Waals surface area contributed by atoms with Crippen LogP contribution in [-0.2, 0) is 11.2 Å². The van der Waals surface area contributed by atoms with Gasteiger partial charge in [0.2, 0.25) is 5.91 Å². The van der Waals surface area contributed by atoms with E-state index in [-0.39, 0.29) is 5.91 Å². The molecule has 0 bridgehead atoms. The molecular weight excluding hydrogens is 338 g/mol. The van der Waals surface area contributed by atoms with Gasteiger partial charge in [0.15, 0.2) is 5.65 Å². The molecule has 1 aromatic carbocycles. The standard InChI is InChI=1S/C21H23N5O/c1-13-6-7-14(2)19(10-13)25(5)20(27)9-8-18-15(3)24-21-17(11-22)12-23-26(21)16(18)4/h6-7,10,12H,8-9H2,1-5H3. The Labute approximate surface area is 159 Å². The van der Waals surface area contributed by atoms with Gasteiger partial charge in [-0.05, 0) is 56.9 Å². The van der Waals surface area contributed by atoms with E-state index in [2.05, 4.69) is 16.2 Å². The molecule has 3 rings (SSSR count). The summed E-state index contributed by atoms with van der Waals surface area (Å²) < 4.78 is 1.68. The SMILES string of the molecule is Cc1ccc(C)c(N(C)C(=O)CCc2c(C)nc3c(C#N)cnn3c2C)c1. The Balaban J connectivity index is 1.83. The van der Waals surface area contributed by atoms with Gasteiger partial charge < -0.3 is 4.90 Å². The Bertz CT molecular complexity index is 1070. The van der Waals surface area contributed by atoms with Gasteiger partial charge >= 0.3 is 0 Å². The molecule has 27 heavy (non-hydrogen) atoms. The van der Waals surface area contributed by atoms with Crippen LogP contribution in [0.5, 0.6) is 0 Å². The second kappa shape index (κ2) is 7.20. The summed E-state index contributed by atoms with van der Waals surface area (Å²) in [5, 5.41) is 13.4. The Hall–Kier alpha value is -3.20. The van der Waals surface area contributed by atoms with Crippen LogP contribution in [0.25, 0.3) is 5.65 Å². The van der Waals surface area contributed by atoms with Crippen molar-refractivity contribution in [3.05, 3.63) is 58.0 Å². The third-order valence-corrected chi connectivity index (χ3v) is 5.02. The zero-order chi connectivity index (χ0) is 19.7. The van der Waals surface area contributed by atoms with E-state index in [0.717, 1.165) is 33.8 Å². The molecule has 0 unspecified atom stereocenters. The topological polar surface area (TPSA) is 74.3 Å². The van der Waals surface area contributed by atoms with Gasteiger partial charge in [0, 0.05) is 30.5 Å². The number of benzene rings is 1. The molecule has 0 N–H and O–H groups in total. The fraction of sp³-hybridized carbons (Fsp3) is 0.333. The molecule has 1 amide bonds. The maximum atomic E-state index is 12.8. The number of hydrogen-bond acceptors (Lipinski definition) is 4. The van der Waals surface area contributed by atoms with E-state index in [1.165, 1.54) is 6.20 Å². The van der Waals surface area contributed by atoms with Crippen LogP contribution in [0.3, 0.4) is 0 Å². The highest BCUT2D eigenvalue weighted by atomic mass is 16.2. The minimum atomic E-state index is 0.0563. The lowest BCUT2D eigenvalue weighted by Crippen LogP contribution is -2.27. The van der Waals surface area contributed by atoms with Crippen LogP contribution in [-0.4, -0.2) is 27.6 Å².